The first-order valence-electron chi connectivity index (χ1n) is 3.92. The Kier molecular flexibility index (Phi) is 2.73. The van der Waals surface area contributed by atoms with Gasteiger partial charge in [-0.1, -0.05) is 0 Å². The van der Waals surface area contributed by atoms with Gasteiger partial charge in [0, 0.05) is 4.88 Å². The maximum Gasteiger partial charge on any atom is 0.331 e. The van der Waals surface area contributed by atoms with Crippen LogP contribution in [0.15, 0.2) is 11.4 Å². The van der Waals surface area contributed by atoms with Gasteiger partial charge in [0.15, 0.2) is 0 Å². The topological polar surface area (TPSA) is 52.3 Å². The van der Waals surface area contributed by atoms with Gasteiger partial charge in [0.05, 0.1) is 7.11 Å². The third-order valence-corrected chi connectivity index (χ3v) is 3.20. The van der Waals surface area contributed by atoms with E-state index in [0.29, 0.717) is 0 Å². The Morgan fingerprint density at radius 2 is 2.31 bits per heavy atom. The van der Waals surface area contributed by atoms with E-state index in [1.54, 1.807) is 6.92 Å². The van der Waals surface area contributed by atoms with Gasteiger partial charge in [0.25, 0.3) is 0 Å². The zero-order valence-corrected chi connectivity index (χ0v) is 8.77. The van der Waals surface area contributed by atoms with E-state index in [9.17, 15) is 4.79 Å². The van der Waals surface area contributed by atoms with E-state index in [1.165, 1.54) is 18.4 Å². The molecule has 72 valence electrons. The van der Waals surface area contributed by atoms with E-state index in [-0.39, 0.29) is 0 Å². The molecule has 1 unspecified atom stereocenters. The molecule has 4 heteroatoms. The number of hydrogen-bond acceptors (Lipinski definition) is 4. The number of methoxy groups -OCH3 is 1. The molecule has 0 aliphatic carbocycles. The third kappa shape index (κ3) is 1.73. The van der Waals surface area contributed by atoms with Crippen molar-refractivity contribution < 1.29 is 9.53 Å². The van der Waals surface area contributed by atoms with Crippen LogP contribution in [0.2, 0.25) is 0 Å². The van der Waals surface area contributed by atoms with Gasteiger partial charge in [-0.25, -0.2) is 4.79 Å². The van der Waals surface area contributed by atoms with E-state index in [1.807, 2.05) is 18.4 Å². The first-order chi connectivity index (χ1) is 6.00. The SMILES string of the molecule is COC(=O)C(C)(N)c1sccc1C. The molecule has 0 aromatic carbocycles. The summed E-state index contributed by atoms with van der Waals surface area (Å²) in [5, 5.41) is 1.92. The Balaban J connectivity index is 3.07. The van der Waals surface area contributed by atoms with Crippen LogP contribution in [-0.2, 0) is 15.1 Å². The zero-order chi connectivity index (χ0) is 10.1. The number of rotatable bonds is 2. The zero-order valence-electron chi connectivity index (χ0n) is 7.96. The molecule has 1 aromatic heterocycles. The fraction of sp³-hybridized carbons (Fsp3) is 0.444. The van der Waals surface area contributed by atoms with Crippen molar-refractivity contribution in [2.24, 2.45) is 5.73 Å². The summed E-state index contributed by atoms with van der Waals surface area (Å²) in [5.74, 6) is -0.405. The van der Waals surface area contributed by atoms with Crippen molar-refractivity contribution in [3.05, 3.63) is 21.9 Å². The van der Waals surface area contributed by atoms with E-state index in [2.05, 4.69) is 4.74 Å². The summed E-state index contributed by atoms with van der Waals surface area (Å²) in [4.78, 5) is 12.2. The molecular weight excluding hydrogens is 186 g/mol. The molecule has 0 aliphatic rings. The van der Waals surface area contributed by atoms with E-state index in [4.69, 9.17) is 5.73 Å². The molecule has 0 amide bonds. The number of nitrogens with two attached hydrogens (primary N) is 1. The van der Waals surface area contributed by atoms with Crippen LogP contribution in [0.4, 0.5) is 0 Å². The van der Waals surface area contributed by atoms with Gasteiger partial charge >= 0.3 is 5.97 Å². The lowest BCUT2D eigenvalue weighted by Gasteiger charge is -2.20. The molecule has 13 heavy (non-hydrogen) atoms. The minimum atomic E-state index is -1.02. The number of hydrogen-bond donors (Lipinski definition) is 1. The Hall–Kier alpha value is -0.870. The smallest absolute Gasteiger partial charge is 0.331 e. The fourth-order valence-electron chi connectivity index (χ4n) is 1.21. The lowest BCUT2D eigenvalue weighted by atomic mass is 9.99. The molecule has 1 atom stereocenters. The monoisotopic (exact) mass is 199 g/mol. The van der Waals surface area contributed by atoms with Crippen LogP contribution in [0.25, 0.3) is 0 Å². The van der Waals surface area contributed by atoms with Gasteiger partial charge in [0.1, 0.15) is 5.54 Å². The van der Waals surface area contributed by atoms with Crippen LogP contribution >= 0.6 is 11.3 Å². The molecule has 0 saturated carbocycles. The van der Waals surface area contributed by atoms with Crippen LogP contribution in [0.5, 0.6) is 0 Å². The summed E-state index contributed by atoms with van der Waals surface area (Å²) in [5.41, 5.74) is 5.88. The summed E-state index contributed by atoms with van der Waals surface area (Å²) in [6.45, 7) is 3.59. The molecule has 0 spiro atoms. The maximum atomic E-state index is 11.3. The highest BCUT2D eigenvalue weighted by molar-refractivity contribution is 7.10. The van der Waals surface area contributed by atoms with Crippen LogP contribution in [0.1, 0.15) is 17.4 Å². The minimum absolute atomic E-state index is 0.405. The predicted molar refractivity (Wildman–Crippen MR) is 52.6 cm³/mol. The van der Waals surface area contributed by atoms with Crippen molar-refractivity contribution >= 4 is 17.3 Å². The lowest BCUT2D eigenvalue weighted by molar-refractivity contribution is -0.146. The van der Waals surface area contributed by atoms with Crippen molar-refractivity contribution in [2.45, 2.75) is 19.4 Å². The standard InChI is InChI=1S/C9H13NO2S/c1-6-4-5-13-7(6)9(2,10)8(11)12-3/h4-5H,10H2,1-3H3. The highest BCUT2D eigenvalue weighted by Gasteiger charge is 2.33. The van der Waals surface area contributed by atoms with Gasteiger partial charge in [-0.2, -0.15) is 0 Å². The molecule has 0 saturated heterocycles. The summed E-state index contributed by atoms with van der Waals surface area (Å²) in [7, 11) is 1.34. The molecule has 2 N–H and O–H groups in total. The van der Waals surface area contributed by atoms with Crippen LogP contribution < -0.4 is 5.73 Å². The Bertz CT molecular complexity index is 317. The normalized spacial score (nSPS) is 15.1. The number of carbonyl (C=O) groups is 1. The van der Waals surface area contributed by atoms with Crippen LogP contribution in [0, 0.1) is 6.92 Å². The molecule has 0 aliphatic heterocycles. The number of aryl methyl sites for hydroxylation is 1. The third-order valence-electron chi connectivity index (χ3n) is 1.94. The summed E-state index contributed by atoms with van der Waals surface area (Å²) in [6.07, 6.45) is 0. The van der Waals surface area contributed by atoms with Crippen molar-refractivity contribution in [2.75, 3.05) is 7.11 Å². The summed E-state index contributed by atoms with van der Waals surface area (Å²) < 4.78 is 4.64. The average Bonchev–Trinajstić information content (AvgIpc) is 2.50. The predicted octanol–water partition coefficient (Wildman–Crippen LogP) is 1.40. The largest absolute Gasteiger partial charge is 0.467 e. The van der Waals surface area contributed by atoms with Gasteiger partial charge in [-0.05, 0) is 30.9 Å². The maximum absolute atomic E-state index is 11.3. The van der Waals surface area contributed by atoms with Crippen molar-refractivity contribution in [1.82, 2.24) is 0 Å². The average molecular weight is 199 g/mol. The van der Waals surface area contributed by atoms with Crippen molar-refractivity contribution in [3.8, 4) is 0 Å². The second-order valence-corrected chi connectivity index (χ2v) is 4.04. The van der Waals surface area contributed by atoms with Gasteiger partial charge < -0.3 is 10.5 Å². The Morgan fingerprint density at radius 1 is 1.69 bits per heavy atom. The molecular formula is C9H13NO2S. The van der Waals surface area contributed by atoms with Crippen molar-refractivity contribution in [1.29, 1.82) is 0 Å². The molecule has 0 bridgehead atoms. The Labute approximate surface area is 81.5 Å². The van der Waals surface area contributed by atoms with Crippen LogP contribution in [-0.4, -0.2) is 13.1 Å². The highest BCUT2D eigenvalue weighted by atomic mass is 32.1. The number of thiophene rings is 1. The van der Waals surface area contributed by atoms with Gasteiger partial charge in [-0.3, -0.25) is 0 Å². The summed E-state index contributed by atoms with van der Waals surface area (Å²) in [6, 6.07) is 1.94. The van der Waals surface area contributed by atoms with Crippen molar-refractivity contribution in [3.63, 3.8) is 0 Å². The number of carbonyl (C=O) groups excluding carboxylic acids is 1. The van der Waals surface area contributed by atoms with Gasteiger partial charge in [0.2, 0.25) is 0 Å². The molecule has 1 heterocycles. The first-order valence-corrected chi connectivity index (χ1v) is 4.80. The molecule has 1 aromatic rings. The van der Waals surface area contributed by atoms with Crippen LogP contribution in [0.3, 0.4) is 0 Å². The first kappa shape index (κ1) is 10.2. The molecule has 3 nitrogen and oxygen atoms in total. The molecule has 0 radical (unpaired) electrons. The molecule has 1 rings (SSSR count). The summed E-state index contributed by atoms with van der Waals surface area (Å²) >= 11 is 1.47. The Morgan fingerprint density at radius 3 is 2.69 bits per heavy atom. The quantitative estimate of drug-likeness (QED) is 0.732. The minimum Gasteiger partial charge on any atom is -0.467 e. The second kappa shape index (κ2) is 3.47. The fourth-order valence-corrected chi connectivity index (χ4v) is 2.20. The number of esters is 1. The van der Waals surface area contributed by atoms with E-state index < -0.39 is 11.5 Å². The van der Waals surface area contributed by atoms with Gasteiger partial charge in [-0.15, -0.1) is 11.3 Å². The van der Waals surface area contributed by atoms with E-state index >= 15 is 0 Å². The molecule has 0 fully saturated rings. The lowest BCUT2D eigenvalue weighted by Crippen LogP contribution is -2.42. The van der Waals surface area contributed by atoms with E-state index in [0.717, 1.165) is 10.4 Å². The number of ether oxygens (including phenoxy) is 1. The highest BCUT2D eigenvalue weighted by Crippen LogP contribution is 2.27. The second-order valence-electron chi connectivity index (χ2n) is 3.13.